The Bertz CT molecular complexity index is 1040. The van der Waals surface area contributed by atoms with Gasteiger partial charge in [-0.1, -0.05) is 66.7 Å². The van der Waals surface area contributed by atoms with Gasteiger partial charge in [0.15, 0.2) is 5.96 Å². The van der Waals surface area contributed by atoms with Crippen molar-refractivity contribution in [3.05, 3.63) is 83.4 Å². The van der Waals surface area contributed by atoms with Crippen LogP contribution in [0.25, 0.3) is 10.8 Å². The van der Waals surface area contributed by atoms with Crippen LogP contribution in [0.3, 0.4) is 0 Å². The Morgan fingerprint density at radius 3 is 2.62 bits per heavy atom. The predicted octanol–water partition coefficient (Wildman–Crippen LogP) is 4.96. The van der Waals surface area contributed by atoms with Gasteiger partial charge in [0.05, 0.1) is 18.8 Å². The maximum absolute atomic E-state index is 6.07. The molecule has 0 amide bonds. The summed E-state index contributed by atoms with van der Waals surface area (Å²) in [5.74, 6) is 0.786. The molecule has 1 heterocycles. The Morgan fingerprint density at radius 1 is 1.03 bits per heavy atom. The van der Waals surface area contributed by atoms with Gasteiger partial charge in [0.2, 0.25) is 0 Å². The summed E-state index contributed by atoms with van der Waals surface area (Å²) in [7, 11) is 1.81. The first kappa shape index (κ1) is 22.3. The molecule has 5 heteroatoms. The van der Waals surface area contributed by atoms with Gasteiger partial charge in [-0.05, 0) is 47.2 Å². The summed E-state index contributed by atoms with van der Waals surface area (Å²) in [6, 6.07) is 23.6. The van der Waals surface area contributed by atoms with Crippen molar-refractivity contribution in [1.82, 2.24) is 10.6 Å². The Labute approximate surface area is 190 Å². The molecule has 1 aliphatic rings. The van der Waals surface area contributed by atoms with Crippen LogP contribution in [0.15, 0.2) is 71.7 Å². The number of hydrogen-bond acceptors (Lipinski definition) is 3. The molecule has 4 rings (SSSR count). The van der Waals surface area contributed by atoms with E-state index in [1.54, 1.807) is 0 Å². The smallest absolute Gasteiger partial charge is 0.191 e. The van der Waals surface area contributed by atoms with E-state index in [0.29, 0.717) is 19.3 Å². The zero-order chi connectivity index (χ0) is 22.2. The fourth-order valence-corrected chi connectivity index (χ4v) is 4.18. The highest BCUT2D eigenvalue weighted by atomic mass is 16.5. The van der Waals surface area contributed by atoms with Crippen LogP contribution in [0, 0.1) is 0 Å². The molecule has 1 saturated heterocycles. The maximum Gasteiger partial charge on any atom is 0.191 e. The van der Waals surface area contributed by atoms with Gasteiger partial charge in [-0.15, -0.1) is 0 Å². The lowest BCUT2D eigenvalue weighted by Crippen LogP contribution is -2.38. The van der Waals surface area contributed by atoms with Crippen molar-refractivity contribution in [2.75, 3.05) is 20.3 Å². The van der Waals surface area contributed by atoms with Crippen molar-refractivity contribution >= 4 is 16.7 Å². The molecule has 0 bridgehead atoms. The van der Waals surface area contributed by atoms with Gasteiger partial charge in [-0.3, -0.25) is 4.99 Å². The Kier molecular flexibility index (Phi) is 7.75. The van der Waals surface area contributed by atoms with Crippen molar-refractivity contribution < 1.29 is 9.47 Å². The zero-order valence-corrected chi connectivity index (χ0v) is 19.0. The third kappa shape index (κ3) is 5.87. The number of hydrogen-bond donors (Lipinski definition) is 2. The minimum absolute atomic E-state index is 0.131. The summed E-state index contributed by atoms with van der Waals surface area (Å²) in [5.41, 5.74) is 3.67. The van der Waals surface area contributed by atoms with Gasteiger partial charge in [0.25, 0.3) is 0 Å². The van der Waals surface area contributed by atoms with Crippen LogP contribution in [0.5, 0.6) is 0 Å². The summed E-state index contributed by atoms with van der Waals surface area (Å²) in [6.45, 7) is 5.12. The van der Waals surface area contributed by atoms with Crippen LogP contribution in [-0.2, 0) is 22.6 Å². The highest BCUT2D eigenvalue weighted by Gasteiger charge is 2.14. The average Bonchev–Trinajstić information content (AvgIpc) is 2.85. The van der Waals surface area contributed by atoms with Crippen molar-refractivity contribution in [2.45, 2.75) is 45.1 Å². The molecule has 0 aliphatic carbocycles. The van der Waals surface area contributed by atoms with Crippen LogP contribution in [0.1, 0.15) is 42.5 Å². The van der Waals surface area contributed by atoms with E-state index in [1.165, 1.54) is 27.5 Å². The molecule has 1 aliphatic heterocycles. The predicted molar refractivity (Wildman–Crippen MR) is 131 cm³/mol. The molecule has 1 unspecified atom stereocenters. The molecule has 0 radical (unpaired) electrons. The monoisotopic (exact) mass is 431 g/mol. The molecule has 5 nitrogen and oxygen atoms in total. The van der Waals surface area contributed by atoms with E-state index < -0.39 is 0 Å². The summed E-state index contributed by atoms with van der Waals surface area (Å²) in [5, 5.41) is 9.50. The van der Waals surface area contributed by atoms with E-state index >= 15 is 0 Å². The number of ether oxygens (including phenoxy) is 2. The number of fused-ring (bicyclic) bond motifs is 1. The third-order valence-corrected chi connectivity index (χ3v) is 5.97. The number of rotatable bonds is 7. The van der Waals surface area contributed by atoms with Crippen LogP contribution in [0.4, 0.5) is 0 Å². The van der Waals surface area contributed by atoms with Crippen molar-refractivity contribution in [3.63, 3.8) is 0 Å². The van der Waals surface area contributed by atoms with E-state index in [-0.39, 0.29) is 6.04 Å². The molecular weight excluding hydrogens is 398 g/mol. The van der Waals surface area contributed by atoms with Gasteiger partial charge in [-0.2, -0.15) is 0 Å². The van der Waals surface area contributed by atoms with Crippen LogP contribution in [0.2, 0.25) is 0 Å². The molecule has 1 atom stereocenters. The molecule has 0 aromatic heterocycles. The summed E-state index contributed by atoms with van der Waals surface area (Å²) in [4.78, 5) is 4.43. The first-order chi connectivity index (χ1) is 15.7. The highest BCUT2D eigenvalue weighted by molar-refractivity contribution is 5.87. The van der Waals surface area contributed by atoms with Crippen molar-refractivity contribution in [2.24, 2.45) is 4.99 Å². The van der Waals surface area contributed by atoms with E-state index in [1.807, 2.05) is 7.05 Å². The molecule has 0 spiro atoms. The molecule has 3 aromatic rings. The number of guanidine groups is 1. The lowest BCUT2D eigenvalue weighted by atomic mass is 10.00. The molecule has 168 valence electrons. The van der Waals surface area contributed by atoms with E-state index in [9.17, 15) is 0 Å². The molecule has 32 heavy (non-hydrogen) atoms. The number of nitrogens with one attached hydrogen (secondary N) is 2. The average molecular weight is 432 g/mol. The lowest BCUT2D eigenvalue weighted by molar-refractivity contribution is -0.0390. The summed E-state index contributed by atoms with van der Waals surface area (Å²) >= 11 is 0. The SMILES string of the molecule is CN=C(NCc1cccc(COC2CCOCC2)c1)NC(C)c1cccc2ccccc12. The maximum atomic E-state index is 6.07. The Morgan fingerprint density at radius 2 is 1.78 bits per heavy atom. The molecule has 2 N–H and O–H groups in total. The fourth-order valence-electron chi connectivity index (χ4n) is 4.18. The molecule has 0 saturated carbocycles. The normalized spacial score (nSPS) is 16.1. The van der Waals surface area contributed by atoms with Crippen molar-refractivity contribution in [1.29, 1.82) is 0 Å². The zero-order valence-electron chi connectivity index (χ0n) is 19.0. The van der Waals surface area contributed by atoms with E-state index in [0.717, 1.165) is 32.0 Å². The Balaban J connectivity index is 1.33. The topological polar surface area (TPSA) is 54.9 Å². The highest BCUT2D eigenvalue weighted by Crippen LogP contribution is 2.24. The molecular formula is C27H33N3O2. The third-order valence-electron chi connectivity index (χ3n) is 5.97. The largest absolute Gasteiger partial charge is 0.381 e. The fraction of sp³-hybridized carbons (Fsp3) is 0.370. The summed E-state index contributed by atoms with van der Waals surface area (Å²) in [6.07, 6.45) is 2.28. The lowest BCUT2D eigenvalue weighted by Gasteiger charge is -2.22. The molecule has 3 aromatic carbocycles. The minimum Gasteiger partial charge on any atom is -0.381 e. The van der Waals surface area contributed by atoms with Crippen molar-refractivity contribution in [3.8, 4) is 0 Å². The van der Waals surface area contributed by atoms with Gasteiger partial charge >= 0.3 is 0 Å². The quantitative estimate of drug-likeness (QED) is 0.410. The number of nitrogens with zero attached hydrogens (tertiary/aromatic N) is 1. The van der Waals surface area contributed by atoms with Crippen LogP contribution < -0.4 is 10.6 Å². The van der Waals surface area contributed by atoms with Gasteiger partial charge in [-0.25, -0.2) is 0 Å². The minimum atomic E-state index is 0.131. The molecule has 1 fully saturated rings. The van der Waals surface area contributed by atoms with Gasteiger partial charge in [0, 0.05) is 26.8 Å². The second-order valence-electron chi connectivity index (χ2n) is 8.30. The second-order valence-corrected chi connectivity index (χ2v) is 8.30. The first-order valence-corrected chi connectivity index (χ1v) is 11.4. The van der Waals surface area contributed by atoms with E-state index in [2.05, 4.69) is 89.3 Å². The Hall–Kier alpha value is -2.89. The van der Waals surface area contributed by atoms with Gasteiger partial charge in [0.1, 0.15) is 0 Å². The number of benzene rings is 3. The van der Waals surface area contributed by atoms with E-state index in [4.69, 9.17) is 9.47 Å². The standard InChI is InChI=1S/C27H33N3O2/c1-20(25-12-6-10-23-9-3-4-11-26(23)25)30-27(28-2)29-18-21-7-5-8-22(17-21)19-32-24-13-15-31-16-14-24/h3-12,17,20,24H,13-16,18-19H2,1-2H3,(H2,28,29,30). The second kappa shape index (κ2) is 11.1. The number of aliphatic imine (C=N–C) groups is 1. The summed E-state index contributed by atoms with van der Waals surface area (Å²) < 4.78 is 11.5. The van der Waals surface area contributed by atoms with Crippen LogP contribution >= 0.6 is 0 Å². The first-order valence-electron chi connectivity index (χ1n) is 11.4. The van der Waals surface area contributed by atoms with Crippen LogP contribution in [-0.4, -0.2) is 32.3 Å². The van der Waals surface area contributed by atoms with Gasteiger partial charge < -0.3 is 20.1 Å².